The fourth-order valence-corrected chi connectivity index (χ4v) is 3.25. The van der Waals surface area contributed by atoms with Crippen molar-refractivity contribution in [2.24, 2.45) is 5.10 Å². The van der Waals surface area contributed by atoms with E-state index in [1.807, 2.05) is 0 Å². The fraction of sp³-hybridized carbons (Fsp3) is 0.125. The van der Waals surface area contributed by atoms with Gasteiger partial charge in [-0.05, 0) is 73.2 Å². The van der Waals surface area contributed by atoms with Crippen molar-refractivity contribution in [3.05, 3.63) is 86.9 Å². The summed E-state index contributed by atoms with van der Waals surface area (Å²) in [7, 11) is 1.44. The number of nitrogens with zero attached hydrogens (tertiary/aromatic N) is 1. The third-order valence-electron chi connectivity index (χ3n) is 4.43. The Labute approximate surface area is 211 Å². The van der Waals surface area contributed by atoms with Crippen molar-refractivity contribution in [3.63, 3.8) is 0 Å². The molecule has 0 bridgehead atoms. The summed E-state index contributed by atoms with van der Waals surface area (Å²) in [4.78, 5) is 24.6. The van der Waals surface area contributed by atoms with Crippen molar-refractivity contribution in [3.8, 4) is 17.2 Å². The average Bonchev–Trinajstić information content (AvgIpc) is 2.81. The Bertz CT molecular complexity index is 1220. The zero-order valence-electron chi connectivity index (χ0n) is 18.1. The van der Waals surface area contributed by atoms with Crippen molar-refractivity contribution < 1.29 is 23.8 Å². The smallest absolute Gasteiger partial charge is 0.343 e. The monoisotopic (exact) mass is 520 g/mol. The minimum Gasteiger partial charge on any atom is -0.493 e. The van der Waals surface area contributed by atoms with E-state index in [2.05, 4.69) is 10.5 Å². The summed E-state index contributed by atoms with van der Waals surface area (Å²) >= 11 is 17.8. The van der Waals surface area contributed by atoms with E-state index in [4.69, 9.17) is 49.0 Å². The zero-order valence-corrected chi connectivity index (χ0v) is 20.3. The molecule has 0 fully saturated rings. The summed E-state index contributed by atoms with van der Waals surface area (Å²) < 4.78 is 16.3. The van der Waals surface area contributed by atoms with Gasteiger partial charge in [-0.1, -0.05) is 34.8 Å². The van der Waals surface area contributed by atoms with E-state index in [0.717, 1.165) is 0 Å². The summed E-state index contributed by atoms with van der Waals surface area (Å²) in [5.74, 6) is -0.176. The molecule has 1 atom stereocenters. The molecule has 0 radical (unpaired) electrons. The van der Waals surface area contributed by atoms with Crippen LogP contribution in [0.5, 0.6) is 17.2 Å². The third kappa shape index (κ3) is 6.87. The first-order valence-corrected chi connectivity index (χ1v) is 11.0. The average molecular weight is 522 g/mol. The molecular weight excluding hydrogens is 503 g/mol. The van der Waals surface area contributed by atoms with Crippen molar-refractivity contribution >= 4 is 52.9 Å². The van der Waals surface area contributed by atoms with Gasteiger partial charge in [-0.2, -0.15) is 5.10 Å². The normalized spacial score (nSPS) is 11.7. The highest BCUT2D eigenvalue weighted by molar-refractivity contribution is 6.35. The number of benzene rings is 3. The van der Waals surface area contributed by atoms with Gasteiger partial charge in [0.05, 0.1) is 23.9 Å². The predicted molar refractivity (Wildman–Crippen MR) is 132 cm³/mol. The molecule has 0 saturated heterocycles. The zero-order chi connectivity index (χ0) is 24.7. The molecular formula is C24H19Cl3N2O5. The SMILES string of the molecule is COc1cc(/C=N\NC(=O)[C@H](C)Oc2ccc(Cl)cc2Cl)ccc1OC(=O)c1ccc(Cl)cc1. The molecule has 0 spiro atoms. The van der Waals surface area contributed by atoms with Crippen LogP contribution in [0.3, 0.4) is 0 Å². The molecule has 1 amide bonds. The number of nitrogens with one attached hydrogen (secondary N) is 1. The summed E-state index contributed by atoms with van der Waals surface area (Å²) in [6, 6.07) is 15.8. The van der Waals surface area contributed by atoms with Gasteiger partial charge in [-0.15, -0.1) is 0 Å². The number of carbonyl (C=O) groups is 2. The Morgan fingerprint density at radius 3 is 2.26 bits per heavy atom. The van der Waals surface area contributed by atoms with Gasteiger partial charge in [0.2, 0.25) is 0 Å². The quantitative estimate of drug-likeness (QED) is 0.175. The first-order chi connectivity index (χ1) is 16.3. The van der Waals surface area contributed by atoms with Crippen LogP contribution in [0.15, 0.2) is 65.8 Å². The van der Waals surface area contributed by atoms with Crippen LogP contribution in [0.2, 0.25) is 15.1 Å². The Balaban J connectivity index is 1.60. The van der Waals surface area contributed by atoms with Crippen LogP contribution in [0, 0.1) is 0 Å². The first-order valence-electron chi connectivity index (χ1n) is 9.87. The highest BCUT2D eigenvalue weighted by Crippen LogP contribution is 2.29. The lowest BCUT2D eigenvalue weighted by Gasteiger charge is -2.14. The van der Waals surface area contributed by atoms with E-state index >= 15 is 0 Å². The molecule has 0 aliphatic heterocycles. The highest BCUT2D eigenvalue weighted by atomic mass is 35.5. The maximum atomic E-state index is 12.3. The minimum absolute atomic E-state index is 0.227. The van der Waals surface area contributed by atoms with E-state index in [1.165, 1.54) is 19.4 Å². The van der Waals surface area contributed by atoms with E-state index < -0.39 is 18.0 Å². The molecule has 3 aromatic carbocycles. The molecule has 10 heteroatoms. The number of esters is 1. The Hall–Kier alpha value is -3.26. The van der Waals surface area contributed by atoms with Crippen molar-refractivity contribution in [2.75, 3.05) is 7.11 Å². The van der Waals surface area contributed by atoms with Crippen LogP contribution in [0.4, 0.5) is 0 Å². The number of hydrogen-bond donors (Lipinski definition) is 1. The number of hydrogen-bond acceptors (Lipinski definition) is 6. The van der Waals surface area contributed by atoms with E-state index in [-0.39, 0.29) is 5.75 Å². The fourth-order valence-electron chi connectivity index (χ4n) is 2.67. The summed E-state index contributed by atoms with van der Waals surface area (Å²) in [6.45, 7) is 1.56. The molecule has 3 aromatic rings. The van der Waals surface area contributed by atoms with Crippen LogP contribution in [0.1, 0.15) is 22.8 Å². The first kappa shape index (κ1) is 25.4. The Morgan fingerprint density at radius 1 is 0.912 bits per heavy atom. The van der Waals surface area contributed by atoms with E-state index in [9.17, 15) is 9.59 Å². The second-order valence-corrected chi connectivity index (χ2v) is 8.16. The largest absolute Gasteiger partial charge is 0.493 e. The Morgan fingerprint density at radius 2 is 1.59 bits per heavy atom. The second-order valence-electron chi connectivity index (χ2n) is 6.88. The van der Waals surface area contributed by atoms with Crippen LogP contribution < -0.4 is 19.6 Å². The van der Waals surface area contributed by atoms with Gasteiger partial charge in [0, 0.05) is 10.0 Å². The molecule has 3 rings (SSSR count). The number of rotatable bonds is 8. The molecule has 0 aliphatic carbocycles. The third-order valence-corrected chi connectivity index (χ3v) is 5.21. The highest BCUT2D eigenvalue weighted by Gasteiger charge is 2.16. The summed E-state index contributed by atoms with van der Waals surface area (Å²) in [5.41, 5.74) is 3.33. The van der Waals surface area contributed by atoms with Gasteiger partial charge in [0.25, 0.3) is 5.91 Å². The molecule has 0 aromatic heterocycles. The molecule has 34 heavy (non-hydrogen) atoms. The van der Waals surface area contributed by atoms with Gasteiger partial charge in [-0.25, -0.2) is 10.2 Å². The van der Waals surface area contributed by atoms with Crippen molar-refractivity contribution in [2.45, 2.75) is 13.0 Å². The number of halogens is 3. The minimum atomic E-state index is -0.861. The van der Waals surface area contributed by atoms with E-state index in [1.54, 1.807) is 61.5 Å². The molecule has 1 N–H and O–H groups in total. The van der Waals surface area contributed by atoms with Crippen LogP contribution in [-0.2, 0) is 4.79 Å². The molecule has 176 valence electrons. The van der Waals surface area contributed by atoms with Crippen LogP contribution in [0.25, 0.3) is 0 Å². The van der Waals surface area contributed by atoms with Gasteiger partial charge in [-0.3, -0.25) is 4.79 Å². The Kier molecular flexibility index (Phi) is 8.76. The number of amides is 1. The van der Waals surface area contributed by atoms with Gasteiger partial charge >= 0.3 is 5.97 Å². The molecule has 0 heterocycles. The lowest BCUT2D eigenvalue weighted by atomic mass is 10.2. The molecule has 0 unspecified atom stereocenters. The molecule has 7 nitrogen and oxygen atoms in total. The van der Waals surface area contributed by atoms with Gasteiger partial charge in [0.15, 0.2) is 17.6 Å². The number of carbonyl (C=O) groups excluding carboxylic acids is 2. The summed E-state index contributed by atoms with van der Waals surface area (Å²) in [6.07, 6.45) is 0.549. The second kappa shape index (κ2) is 11.7. The predicted octanol–water partition coefficient (Wildman–Crippen LogP) is 5.79. The van der Waals surface area contributed by atoms with Crippen LogP contribution >= 0.6 is 34.8 Å². The van der Waals surface area contributed by atoms with E-state index in [0.29, 0.717) is 37.7 Å². The van der Waals surface area contributed by atoms with Crippen LogP contribution in [-0.4, -0.2) is 31.3 Å². The maximum absolute atomic E-state index is 12.3. The van der Waals surface area contributed by atoms with Gasteiger partial charge < -0.3 is 14.2 Å². The topological polar surface area (TPSA) is 86.2 Å². The standard InChI is InChI=1S/C24H19Cl3N2O5/c1-14(33-20-10-8-18(26)12-19(20)27)23(30)29-28-13-15-3-9-21(22(11-15)32-2)34-24(31)16-4-6-17(25)7-5-16/h3-14H,1-2H3,(H,29,30)/b28-13-/t14-/m0/s1. The number of methoxy groups -OCH3 is 1. The lowest BCUT2D eigenvalue weighted by Crippen LogP contribution is -2.33. The van der Waals surface area contributed by atoms with Crippen molar-refractivity contribution in [1.29, 1.82) is 0 Å². The van der Waals surface area contributed by atoms with Gasteiger partial charge in [0.1, 0.15) is 5.75 Å². The number of hydrazone groups is 1. The molecule has 0 saturated carbocycles. The maximum Gasteiger partial charge on any atom is 0.343 e. The lowest BCUT2D eigenvalue weighted by molar-refractivity contribution is -0.127. The van der Waals surface area contributed by atoms with Crippen molar-refractivity contribution in [1.82, 2.24) is 5.43 Å². The molecule has 0 aliphatic rings. The summed E-state index contributed by atoms with van der Waals surface area (Å²) in [5, 5.41) is 5.19. The number of ether oxygens (including phenoxy) is 3.